The molecule has 0 aromatic carbocycles. The average Bonchev–Trinajstić information content (AvgIpc) is 1.89. The summed E-state index contributed by atoms with van der Waals surface area (Å²) in [5, 5.41) is 2.85. The van der Waals surface area contributed by atoms with Crippen LogP contribution in [-0.4, -0.2) is 31.0 Å². The summed E-state index contributed by atoms with van der Waals surface area (Å²) in [5.41, 5.74) is 5.08. The van der Waals surface area contributed by atoms with Crippen LogP contribution in [0.25, 0.3) is 0 Å². The third-order valence-corrected chi connectivity index (χ3v) is 1.95. The van der Waals surface area contributed by atoms with E-state index in [1.54, 1.807) is 18.8 Å². The van der Waals surface area contributed by atoms with Crippen LogP contribution in [0, 0.1) is 0 Å². The molecule has 0 fully saturated rings. The maximum Gasteiger partial charge on any atom is 0.234 e. The van der Waals surface area contributed by atoms with Gasteiger partial charge in [0.15, 0.2) is 0 Å². The van der Waals surface area contributed by atoms with E-state index >= 15 is 0 Å². The van der Waals surface area contributed by atoms with Crippen molar-refractivity contribution >= 4 is 17.7 Å². The number of likely N-dealkylation sites (N-methyl/N-ethyl adjacent to an activating group) is 1. The van der Waals surface area contributed by atoms with Crippen LogP contribution in [0.15, 0.2) is 0 Å². The molecule has 3 N–H and O–H groups in total. The summed E-state index contributed by atoms with van der Waals surface area (Å²) in [7, 11) is 1.75. The Morgan fingerprint density at radius 1 is 1.80 bits per heavy atom. The average molecular weight is 162 g/mol. The van der Waals surface area contributed by atoms with Gasteiger partial charge in [0.05, 0.1) is 6.04 Å². The highest BCUT2D eigenvalue weighted by Crippen LogP contribution is 1.98. The molecule has 0 radical (unpaired) electrons. The monoisotopic (exact) mass is 162 g/mol. The number of hydrogen-bond donors (Lipinski definition) is 2. The summed E-state index contributed by atoms with van der Waals surface area (Å²) < 4.78 is 0. The van der Waals surface area contributed by atoms with E-state index in [0.29, 0.717) is 0 Å². The zero-order valence-electron chi connectivity index (χ0n) is 6.39. The molecule has 4 heteroatoms. The smallest absolute Gasteiger partial charge is 0.234 e. The van der Waals surface area contributed by atoms with Gasteiger partial charge in [-0.1, -0.05) is 0 Å². The molecule has 1 unspecified atom stereocenters. The van der Waals surface area contributed by atoms with Gasteiger partial charge in [-0.15, -0.1) is 0 Å². The van der Waals surface area contributed by atoms with E-state index in [9.17, 15) is 4.79 Å². The van der Waals surface area contributed by atoms with Gasteiger partial charge in [-0.3, -0.25) is 4.79 Å². The second-order valence-corrected chi connectivity index (χ2v) is 3.01. The zero-order valence-corrected chi connectivity index (χ0v) is 7.20. The molecule has 1 amide bonds. The zero-order chi connectivity index (χ0) is 7.98. The molecule has 0 aliphatic carbocycles. The normalized spacial score (nSPS) is 13.0. The van der Waals surface area contributed by atoms with E-state index in [1.807, 2.05) is 6.26 Å². The lowest BCUT2D eigenvalue weighted by atomic mass is 10.2. The van der Waals surface area contributed by atoms with Gasteiger partial charge in [-0.25, -0.2) is 0 Å². The minimum atomic E-state index is -0.267. The Labute approximate surface area is 65.7 Å². The number of thioether (sulfide) groups is 1. The summed E-state index contributed by atoms with van der Waals surface area (Å²) in [6.07, 6.45) is 2.82. The first-order valence-electron chi connectivity index (χ1n) is 3.18. The van der Waals surface area contributed by atoms with Crippen LogP contribution in [0.4, 0.5) is 0 Å². The number of primary amides is 1. The highest BCUT2D eigenvalue weighted by Gasteiger charge is 2.10. The second-order valence-electron chi connectivity index (χ2n) is 2.03. The third-order valence-electron chi connectivity index (χ3n) is 1.30. The lowest BCUT2D eigenvalue weighted by molar-refractivity contribution is -0.119. The molecule has 0 aromatic rings. The van der Waals surface area contributed by atoms with Crippen molar-refractivity contribution in [3.63, 3.8) is 0 Å². The Morgan fingerprint density at radius 2 is 2.40 bits per heavy atom. The van der Waals surface area contributed by atoms with Crippen LogP contribution >= 0.6 is 11.8 Å². The number of carbonyl (C=O) groups is 1. The van der Waals surface area contributed by atoms with Gasteiger partial charge >= 0.3 is 0 Å². The van der Waals surface area contributed by atoms with Crippen molar-refractivity contribution in [3.05, 3.63) is 0 Å². The Hall–Kier alpha value is -0.220. The minimum Gasteiger partial charge on any atom is -0.368 e. The van der Waals surface area contributed by atoms with E-state index in [4.69, 9.17) is 5.73 Å². The Bertz CT molecular complexity index is 108. The van der Waals surface area contributed by atoms with Gasteiger partial charge in [0, 0.05) is 0 Å². The predicted octanol–water partition coefficient (Wildman–Crippen LogP) is -0.187. The van der Waals surface area contributed by atoms with Gasteiger partial charge in [0.2, 0.25) is 5.91 Å². The highest BCUT2D eigenvalue weighted by atomic mass is 32.2. The van der Waals surface area contributed by atoms with Crippen molar-refractivity contribution in [1.29, 1.82) is 0 Å². The Morgan fingerprint density at radius 3 is 2.70 bits per heavy atom. The van der Waals surface area contributed by atoms with Crippen molar-refractivity contribution in [1.82, 2.24) is 5.32 Å². The molecule has 0 spiro atoms. The number of nitrogens with one attached hydrogen (secondary N) is 1. The Kier molecular flexibility index (Phi) is 5.43. The summed E-state index contributed by atoms with van der Waals surface area (Å²) in [5.74, 6) is 0.700. The van der Waals surface area contributed by atoms with Crippen LogP contribution in [-0.2, 0) is 4.79 Å². The van der Waals surface area contributed by atoms with Crippen LogP contribution in [0.1, 0.15) is 6.42 Å². The first-order chi connectivity index (χ1) is 4.72. The van der Waals surface area contributed by atoms with Gasteiger partial charge < -0.3 is 11.1 Å². The van der Waals surface area contributed by atoms with Crippen molar-refractivity contribution in [3.8, 4) is 0 Å². The van der Waals surface area contributed by atoms with Gasteiger partial charge in [0.25, 0.3) is 0 Å². The predicted molar refractivity (Wildman–Crippen MR) is 45.0 cm³/mol. The van der Waals surface area contributed by atoms with Crippen LogP contribution in [0.3, 0.4) is 0 Å². The van der Waals surface area contributed by atoms with Crippen LogP contribution < -0.4 is 11.1 Å². The van der Waals surface area contributed by atoms with E-state index < -0.39 is 0 Å². The van der Waals surface area contributed by atoms with E-state index in [0.717, 1.165) is 12.2 Å². The number of rotatable bonds is 5. The molecule has 0 rings (SSSR count). The molecule has 0 saturated heterocycles. The first kappa shape index (κ1) is 9.78. The molecule has 0 aliphatic rings. The van der Waals surface area contributed by atoms with Crippen molar-refractivity contribution in [2.75, 3.05) is 19.1 Å². The summed E-state index contributed by atoms with van der Waals surface area (Å²) in [4.78, 5) is 10.6. The van der Waals surface area contributed by atoms with Crippen molar-refractivity contribution < 1.29 is 4.79 Å². The molecular weight excluding hydrogens is 148 g/mol. The van der Waals surface area contributed by atoms with Crippen molar-refractivity contribution in [2.45, 2.75) is 12.5 Å². The molecule has 3 nitrogen and oxygen atoms in total. The molecular formula is C6H14N2OS. The van der Waals surface area contributed by atoms with Crippen LogP contribution in [0.5, 0.6) is 0 Å². The topological polar surface area (TPSA) is 55.1 Å². The summed E-state index contributed by atoms with van der Waals surface area (Å²) in [6.45, 7) is 0. The van der Waals surface area contributed by atoms with Gasteiger partial charge in [-0.05, 0) is 25.5 Å². The largest absolute Gasteiger partial charge is 0.368 e. The fourth-order valence-corrected chi connectivity index (χ4v) is 1.14. The number of nitrogens with two attached hydrogens (primary N) is 1. The second kappa shape index (κ2) is 5.56. The lowest BCUT2D eigenvalue weighted by Gasteiger charge is -2.09. The molecule has 0 aliphatic heterocycles. The van der Waals surface area contributed by atoms with Crippen LogP contribution in [0.2, 0.25) is 0 Å². The standard InChI is InChI=1S/C6H14N2OS/c1-8-5(6(7)9)3-4-10-2/h5,8H,3-4H2,1-2H3,(H2,7,9). The SMILES string of the molecule is CNC(CCSC)C(N)=O. The fraction of sp³-hybridized carbons (Fsp3) is 0.833. The Balaban J connectivity index is 3.50. The molecule has 1 atom stereocenters. The van der Waals surface area contributed by atoms with E-state index in [1.165, 1.54) is 0 Å². The summed E-state index contributed by atoms with van der Waals surface area (Å²) in [6, 6.07) is -0.160. The minimum absolute atomic E-state index is 0.160. The van der Waals surface area contributed by atoms with Crippen molar-refractivity contribution in [2.24, 2.45) is 5.73 Å². The quantitative estimate of drug-likeness (QED) is 0.589. The first-order valence-corrected chi connectivity index (χ1v) is 4.57. The molecule has 60 valence electrons. The van der Waals surface area contributed by atoms with E-state index in [2.05, 4.69) is 5.32 Å². The maximum absolute atomic E-state index is 10.6. The van der Waals surface area contributed by atoms with Gasteiger partial charge in [0.1, 0.15) is 0 Å². The molecule has 0 bridgehead atoms. The number of hydrogen-bond acceptors (Lipinski definition) is 3. The number of amides is 1. The lowest BCUT2D eigenvalue weighted by Crippen LogP contribution is -2.39. The maximum atomic E-state index is 10.6. The number of carbonyl (C=O) groups excluding carboxylic acids is 1. The molecule has 0 saturated carbocycles. The molecule has 10 heavy (non-hydrogen) atoms. The highest BCUT2D eigenvalue weighted by molar-refractivity contribution is 7.98. The fourth-order valence-electron chi connectivity index (χ4n) is 0.665. The van der Waals surface area contributed by atoms with E-state index in [-0.39, 0.29) is 11.9 Å². The van der Waals surface area contributed by atoms with Gasteiger partial charge in [-0.2, -0.15) is 11.8 Å². The summed E-state index contributed by atoms with van der Waals surface area (Å²) >= 11 is 1.71. The molecule has 0 aromatic heterocycles. The molecule has 0 heterocycles. The third kappa shape index (κ3) is 3.74.